The van der Waals surface area contributed by atoms with Crippen molar-refractivity contribution < 1.29 is 0 Å². The zero-order chi connectivity index (χ0) is 14.9. The van der Waals surface area contributed by atoms with E-state index in [1.54, 1.807) is 0 Å². The SMILES string of the molecule is Cn1cc(C(C)(C)C#CC2=CCCCC2)c2ccccc21. The van der Waals surface area contributed by atoms with Crippen molar-refractivity contribution >= 4 is 10.9 Å². The van der Waals surface area contributed by atoms with Crippen LogP contribution in [0.5, 0.6) is 0 Å². The predicted molar refractivity (Wildman–Crippen MR) is 90.3 cm³/mol. The molecule has 1 heterocycles. The third-order valence-electron chi connectivity index (χ3n) is 4.40. The van der Waals surface area contributed by atoms with Crippen molar-refractivity contribution in [3.8, 4) is 11.8 Å². The molecule has 0 saturated carbocycles. The largest absolute Gasteiger partial charge is 0.350 e. The van der Waals surface area contributed by atoms with Crippen molar-refractivity contribution in [2.75, 3.05) is 0 Å². The Kier molecular flexibility index (Phi) is 3.64. The Balaban J connectivity index is 2.00. The fraction of sp³-hybridized carbons (Fsp3) is 0.400. The third-order valence-corrected chi connectivity index (χ3v) is 4.40. The van der Waals surface area contributed by atoms with Gasteiger partial charge in [0.25, 0.3) is 0 Å². The van der Waals surface area contributed by atoms with Gasteiger partial charge in [0.2, 0.25) is 0 Å². The number of fused-ring (bicyclic) bond motifs is 1. The second kappa shape index (κ2) is 5.45. The van der Waals surface area contributed by atoms with Crippen LogP contribution in [0.2, 0.25) is 0 Å². The maximum atomic E-state index is 3.52. The molecule has 0 saturated heterocycles. The van der Waals surface area contributed by atoms with Gasteiger partial charge in [-0.1, -0.05) is 36.1 Å². The molecule has 0 N–H and O–H groups in total. The van der Waals surface area contributed by atoms with Crippen molar-refractivity contribution in [1.29, 1.82) is 0 Å². The minimum atomic E-state index is -0.126. The van der Waals surface area contributed by atoms with Crippen molar-refractivity contribution in [3.63, 3.8) is 0 Å². The summed E-state index contributed by atoms with van der Waals surface area (Å²) in [7, 11) is 2.11. The predicted octanol–water partition coefficient (Wildman–Crippen LogP) is 4.96. The monoisotopic (exact) mass is 277 g/mol. The topological polar surface area (TPSA) is 4.93 Å². The van der Waals surface area contributed by atoms with Crippen LogP contribution < -0.4 is 0 Å². The molecule has 1 aromatic heterocycles. The maximum Gasteiger partial charge on any atom is 0.0531 e. The van der Waals surface area contributed by atoms with E-state index in [1.807, 2.05) is 0 Å². The van der Waals surface area contributed by atoms with E-state index in [4.69, 9.17) is 0 Å². The number of rotatable bonds is 1. The molecule has 1 aliphatic carbocycles. The fourth-order valence-electron chi connectivity index (χ4n) is 3.10. The zero-order valence-corrected chi connectivity index (χ0v) is 13.2. The Morgan fingerprint density at radius 3 is 2.71 bits per heavy atom. The van der Waals surface area contributed by atoms with Crippen LogP contribution in [0.4, 0.5) is 0 Å². The highest BCUT2D eigenvalue weighted by molar-refractivity contribution is 5.85. The van der Waals surface area contributed by atoms with E-state index in [0.717, 1.165) is 6.42 Å². The Morgan fingerprint density at radius 1 is 1.14 bits per heavy atom. The highest BCUT2D eigenvalue weighted by Gasteiger charge is 2.22. The minimum Gasteiger partial charge on any atom is -0.350 e. The molecule has 1 heteroatoms. The molecule has 3 rings (SSSR count). The Bertz CT molecular complexity index is 747. The average Bonchev–Trinajstić information content (AvgIpc) is 2.85. The highest BCUT2D eigenvalue weighted by Crippen LogP contribution is 2.31. The molecular weight excluding hydrogens is 254 g/mol. The van der Waals surface area contributed by atoms with Gasteiger partial charge in [-0.2, -0.15) is 0 Å². The van der Waals surface area contributed by atoms with Gasteiger partial charge in [0.1, 0.15) is 0 Å². The first-order valence-corrected chi connectivity index (χ1v) is 7.85. The van der Waals surface area contributed by atoms with Gasteiger partial charge in [0.15, 0.2) is 0 Å². The van der Waals surface area contributed by atoms with E-state index in [-0.39, 0.29) is 5.41 Å². The molecule has 0 fully saturated rings. The summed E-state index contributed by atoms with van der Waals surface area (Å²) in [5.41, 5.74) is 3.80. The molecule has 0 bridgehead atoms. The van der Waals surface area contributed by atoms with Crippen LogP contribution in [0.25, 0.3) is 10.9 Å². The van der Waals surface area contributed by atoms with Gasteiger partial charge < -0.3 is 4.57 Å². The lowest BCUT2D eigenvalue weighted by Crippen LogP contribution is -2.14. The number of nitrogens with zero attached hydrogens (tertiary/aromatic N) is 1. The summed E-state index contributed by atoms with van der Waals surface area (Å²) in [5, 5.41) is 1.32. The van der Waals surface area contributed by atoms with E-state index in [9.17, 15) is 0 Å². The summed E-state index contributed by atoms with van der Waals surface area (Å²) in [6, 6.07) is 8.58. The van der Waals surface area contributed by atoms with E-state index in [1.165, 1.54) is 41.3 Å². The first-order valence-electron chi connectivity index (χ1n) is 7.85. The highest BCUT2D eigenvalue weighted by atomic mass is 14.9. The molecule has 0 aliphatic heterocycles. The number of aryl methyl sites for hydroxylation is 1. The quantitative estimate of drug-likeness (QED) is 0.649. The molecular formula is C20H23N. The molecule has 0 amide bonds. The normalized spacial score (nSPS) is 15.5. The van der Waals surface area contributed by atoms with Crippen molar-refractivity contribution in [2.45, 2.75) is 44.9 Å². The first-order chi connectivity index (χ1) is 10.1. The summed E-state index contributed by atoms with van der Waals surface area (Å²) in [4.78, 5) is 0. The van der Waals surface area contributed by atoms with Gasteiger partial charge in [-0.3, -0.25) is 0 Å². The van der Waals surface area contributed by atoms with Gasteiger partial charge in [0, 0.05) is 24.1 Å². The number of hydrogen-bond donors (Lipinski definition) is 0. The molecule has 0 unspecified atom stereocenters. The van der Waals surface area contributed by atoms with Gasteiger partial charge in [-0.15, -0.1) is 0 Å². The molecule has 21 heavy (non-hydrogen) atoms. The van der Waals surface area contributed by atoms with E-state index < -0.39 is 0 Å². The first kappa shape index (κ1) is 14.0. The Hall–Kier alpha value is -1.94. The summed E-state index contributed by atoms with van der Waals surface area (Å²) in [6.07, 6.45) is 9.49. The van der Waals surface area contributed by atoms with E-state index >= 15 is 0 Å². The van der Waals surface area contributed by atoms with Crippen LogP contribution in [-0.4, -0.2) is 4.57 Å². The summed E-state index contributed by atoms with van der Waals surface area (Å²) < 4.78 is 2.20. The number of allylic oxidation sites excluding steroid dienone is 2. The van der Waals surface area contributed by atoms with E-state index in [2.05, 4.69) is 73.8 Å². The molecule has 0 radical (unpaired) electrons. The van der Waals surface area contributed by atoms with Crippen molar-refractivity contribution in [1.82, 2.24) is 4.57 Å². The van der Waals surface area contributed by atoms with Gasteiger partial charge >= 0.3 is 0 Å². The van der Waals surface area contributed by atoms with Crippen molar-refractivity contribution in [3.05, 3.63) is 47.7 Å². The van der Waals surface area contributed by atoms with E-state index in [0.29, 0.717) is 0 Å². The van der Waals surface area contributed by atoms with Crippen LogP contribution in [0.15, 0.2) is 42.1 Å². The molecule has 2 aromatic rings. The van der Waals surface area contributed by atoms with Crippen LogP contribution in [0.3, 0.4) is 0 Å². The molecule has 0 atom stereocenters. The molecule has 1 aromatic carbocycles. The lowest BCUT2D eigenvalue weighted by atomic mass is 9.84. The standard InChI is InChI=1S/C20H23N/c1-20(2,14-13-16-9-5-4-6-10-16)18-15-21(3)19-12-8-7-11-17(18)19/h7-9,11-12,15H,4-6,10H2,1-3H3. The number of hydrogen-bond acceptors (Lipinski definition) is 0. The number of benzene rings is 1. The van der Waals surface area contributed by atoms with Crippen LogP contribution >= 0.6 is 0 Å². The number of para-hydroxylation sites is 1. The summed E-state index contributed by atoms with van der Waals surface area (Å²) >= 11 is 0. The fourth-order valence-corrected chi connectivity index (χ4v) is 3.10. The zero-order valence-electron chi connectivity index (χ0n) is 13.2. The van der Waals surface area contributed by atoms with Gasteiger partial charge in [0.05, 0.1) is 5.41 Å². The number of aromatic nitrogens is 1. The third kappa shape index (κ3) is 2.76. The second-order valence-electron chi connectivity index (χ2n) is 6.52. The van der Waals surface area contributed by atoms with Crippen LogP contribution in [-0.2, 0) is 12.5 Å². The summed E-state index contributed by atoms with van der Waals surface area (Å²) in [6.45, 7) is 4.45. The van der Waals surface area contributed by atoms with Gasteiger partial charge in [-0.05, 0) is 56.7 Å². The molecule has 0 spiro atoms. The molecule has 1 aliphatic rings. The second-order valence-corrected chi connectivity index (χ2v) is 6.52. The van der Waals surface area contributed by atoms with Crippen molar-refractivity contribution in [2.24, 2.45) is 7.05 Å². The maximum absolute atomic E-state index is 3.52. The lowest BCUT2D eigenvalue weighted by molar-refractivity contribution is 0.696. The van der Waals surface area contributed by atoms with Crippen LogP contribution in [0, 0.1) is 11.8 Å². The molecule has 1 nitrogen and oxygen atoms in total. The lowest BCUT2D eigenvalue weighted by Gasteiger charge is -2.17. The minimum absolute atomic E-state index is 0.126. The smallest absolute Gasteiger partial charge is 0.0531 e. The summed E-state index contributed by atoms with van der Waals surface area (Å²) in [5.74, 6) is 6.96. The Labute approximate surface area is 127 Å². The van der Waals surface area contributed by atoms with Gasteiger partial charge in [-0.25, -0.2) is 0 Å². The molecule has 108 valence electrons. The van der Waals surface area contributed by atoms with Crippen LogP contribution in [0.1, 0.15) is 45.1 Å². The average molecular weight is 277 g/mol. The Morgan fingerprint density at radius 2 is 1.95 bits per heavy atom.